The average molecular weight is 269 g/mol. The summed E-state index contributed by atoms with van der Waals surface area (Å²) in [6, 6.07) is 0. The molecule has 0 aromatic rings. The molecule has 112 valence electrons. The second-order valence-electron chi connectivity index (χ2n) is 5.03. The summed E-state index contributed by atoms with van der Waals surface area (Å²) in [5, 5.41) is 2.93. The van der Waals surface area contributed by atoms with Crippen molar-refractivity contribution in [3.05, 3.63) is 0 Å². The first-order valence-electron chi connectivity index (χ1n) is 7.77. The summed E-state index contributed by atoms with van der Waals surface area (Å²) >= 11 is 0. The number of nitrogens with two attached hydrogens (primary N) is 1. The lowest BCUT2D eigenvalue weighted by molar-refractivity contribution is -0.118. The Kier molecular flexibility index (Phi) is 14.2. The van der Waals surface area contributed by atoms with E-state index < -0.39 is 0 Å². The molecule has 4 nitrogen and oxygen atoms in total. The van der Waals surface area contributed by atoms with Gasteiger partial charge in [0.05, 0.1) is 12.9 Å². The smallest absolute Gasteiger partial charge is 0.217 e. The zero-order valence-corrected chi connectivity index (χ0v) is 12.5. The summed E-state index contributed by atoms with van der Waals surface area (Å²) < 4.78 is 0. The fraction of sp³-hybridized carbons (Fsp3) is 0.867. The maximum atomic E-state index is 10.4. The lowest BCUT2D eigenvalue weighted by atomic mass is 10.1. The van der Waals surface area contributed by atoms with Gasteiger partial charge >= 0.3 is 0 Å². The molecule has 0 saturated heterocycles. The van der Waals surface area contributed by atoms with Crippen molar-refractivity contribution in [2.24, 2.45) is 10.7 Å². The number of nitrogens with one attached hydrogen (secondary N) is 1. The van der Waals surface area contributed by atoms with Gasteiger partial charge in [0.2, 0.25) is 5.91 Å². The van der Waals surface area contributed by atoms with Gasteiger partial charge in [-0.2, -0.15) is 0 Å². The molecule has 1 heterocycles. The van der Waals surface area contributed by atoms with Crippen molar-refractivity contribution in [1.29, 1.82) is 0 Å². The first kappa shape index (κ1) is 17.9. The Hall–Kier alpha value is -1.06. The van der Waals surface area contributed by atoms with Crippen LogP contribution in [0.1, 0.15) is 71.1 Å². The maximum absolute atomic E-state index is 10.4. The zero-order valence-electron chi connectivity index (χ0n) is 12.5. The molecular weight excluding hydrogens is 238 g/mol. The van der Waals surface area contributed by atoms with E-state index in [9.17, 15) is 4.79 Å². The predicted octanol–water partition coefficient (Wildman–Crippen LogP) is 3.01. The Morgan fingerprint density at radius 2 is 1.68 bits per heavy atom. The molecule has 0 aromatic heterocycles. The van der Waals surface area contributed by atoms with Crippen molar-refractivity contribution in [2.75, 3.05) is 13.1 Å². The number of nitrogens with zero attached hydrogens (tertiary/aromatic N) is 1. The molecule has 1 aliphatic heterocycles. The number of aliphatic imine (C=N–C) groups is 1. The lowest BCUT2D eigenvalue weighted by Gasteiger charge is -2.00. The van der Waals surface area contributed by atoms with Crippen LogP contribution in [0.25, 0.3) is 0 Å². The fourth-order valence-electron chi connectivity index (χ4n) is 1.93. The third-order valence-electron chi connectivity index (χ3n) is 3.09. The third kappa shape index (κ3) is 16.9. The van der Waals surface area contributed by atoms with E-state index in [4.69, 9.17) is 5.73 Å². The Bertz CT molecular complexity index is 223. The number of hydrogen-bond acceptors (Lipinski definition) is 3. The summed E-state index contributed by atoms with van der Waals surface area (Å²) in [7, 11) is 0. The van der Waals surface area contributed by atoms with Crippen molar-refractivity contribution in [1.82, 2.24) is 5.32 Å². The highest BCUT2D eigenvalue weighted by Crippen LogP contribution is 2.10. The van der Waals surface area contributed by atoms with Crippen molar-refractivity contribution in [3.63, 3.8) is 0 Å². The Morgan fingerprint density at radius 1 is 1.11 bits per heavy atom. The van der Waals surface area contributed by atoms with E-state index in [1.54, 1.807) is 6.34 Å². The van der Waals surface area contributed by atoms with E-state index in [2.05, 4.69) is 17.2 Å². The number of amides is 1. The van der Waals surface area contributed by atoms with Crippen LogP contribution in [-0.4, -0.2) is 25.3 Å². The van der Waals surface area contributed by atoms with Gasteiger partial charge in [0.25, 0.3) is 0 Å². The molecular formula is C15H31N3O. The molecule has 0 saturated carbocycles. The second kappa shape index (κ2) is 15.0. The molecule has 0 fully saturated rings. The van der Waals surface area contributed by atoms with Gasteiger partial charge in [-0.25, -0.2) is 0 Å². The second-order valence-corrected chi connectivity index (χ2v) is 5.03. The van der Waals surface area contributed by atoms with Crippen LogP contribution >= 0.6 is 0 Å². The molecule has 19 heavy (non-hydrogen) atoms. The SMILES string of the molecule is C1=NCCN1.CCCCCCCCCCCC(N)=O. The highest BCUT2D eigenvalue weighted by molar-refractivity contribution is 5.73. The highest BCUT2D eigenvalue weighted by atomic mass is 16.1. The summed E-state index contributed by atoms with van der Waals surface area (Å²) in [4.78, 5) is 14.3. The highest BCUT2D eigenvalue weighted by Gasteiger charge is 1.94. The number of carbonyl (C=O) groups is 1. The largest absolute Gasteiger partial charge is 0.375 e. The van der Waals surface area contributed by atoms with Crippen LogP contribution in [-0.2, 0) is 4.79 Å². The van der Waals surface area contributed by atoms with E-state index in [0.29, 0.717) is 6.42 Å². The minimum absolute atomic E-state index is 0.159. The van der Waals surface area contributed by atoms with Gasteiger partial charge in [-0.05, 0) is 6.42 Å². The van der Waals surface area contributed by atoms with Crippen molar-refractivity contribution in [2.45, 2.75) is 71.1 Å². The van der Waals surface area contributed by atoms with Crippen molar-refractivity contribution < 1.29 is 4.79 Å². The van der Waals surface area contributed by atoms with Gasteiger partial charge in [0.15, 0.2) is 0 Å². The van der Waals surface area contributed by atoms with Gasteiger partial charge in [-0.1, -0.05) is 58.3 Å². The normalized spacial score (nSPS) is 12.7. The maximum Gasteiger partial charge on any atom is 0.217 e. The van der Waals surface area contributed by atoms with E-state index in [-0.39, 0.29) is 5.91 Å². The van der Waals surface area contributed by atoms with Gasteiger partial charge in [0.1, 0.15) is 0 Å². The van der Waals surface area contributed by atoms with E-state index in [1.807, 2.05) is 0 Å². The first-order chi connectivity index (χ1) is 9.27. The molecule has 1 amide bonds. The van der Waals surface area contributed by atoms with Crippen LogP contribution in [0.5, 0.6) is 0 Å². The molecule has 0 spiro atoms. The van der Waals surface area contributed by atoms with Crippen molar-refractivity contribution in [3.8, 4) is 0 Å². The van der Waals surface area contributed by atoms with E-state index in [1.165, 1.54) is 44.9 Å². The molecule has 0 unspecified atom stereocenters. The van der Waals surface area contributed by atoms with Crippen LogP contribution in [0.2, 0.25) is 0 Å². The summed E-state index contributed by atoms with van der Waals surface area (Å²) in [5.41, 5.74) is 5.05. The number of hydrogen-bond donors (Lipinski definition) is 2. The standard InChI is InChI=1S/C12H25NO.C3H6N2/c1-2-3-4-5-6-7-8-9-10-11-12(13)14;1-2-5-3-4-1/h2-11H2,1H3,(H2,13,14);3H,1-2H2,(H,4,5). The Balaban J connectivity index is 0.000000532. The number of carbonyl (C=O) groups excluding carboxylic acids is 1. The molecule has 0 bridgehead atoms. The predicted molar refractivity (Wildman–Crippen MR) is 82.4 cm³/mol. The van der Waals surface area contributed by atoms with Gasteiger partial charge in [0, 0.05) is 13.0 Å². The van der Waals surface area contributed by atoms with Gasteiger partial charge in [-0.15, -0.1) is 0 Å². The molecule has 0 atom stereocenters. The van der Waals surface area contributed by atoms with Crippen LogP contribution in [0.4, 0.5) is 0 Å². The summed E-state index contributed by atoms with van der Waals surface area (Å²) in [6.07, 6.45) is 13.8. The third-order valence-corrected chi connectivity index (χ3v) is 3.09. The van der Waals surface area contributed by atoms with E-state index >= 15 is 0 Å². The van der Waals surface area contributed by atoms with Crippen LogP contribution in [0.3, 0.4) is 0 Å². The molecule has 1 rings (SSSR count). The van der Waals surface area contributed by atoms with Crippen LogP contribution in [0, 0.1) is 0 Å². The topological polar surface area (TPSA) is 67.5 Å². The minimum Gasteiger partial charge on any atom is -0.375 e. The molecule has 0 aromatic carbocycles. The Labute approximate surface area is 118 Å². The van der Waals surface area contributed by atoms with Gasteiger partial charge in [-0.3, -0.25) is 9.79 Å². The van der Waals surface area contributed by atoms with Crippen molar-refractivity contribution >= 4 is 12.2 Å². The Morgan fingerprint density at radius 3 is 2.05 bits per heavy atom. The van der Waals surface area contributed by atoms with Crippen LogP contribution < -0.4 is 11.1 Å². The summed E-state index contributed by atoms with van der Waals surface area (Å²) in [6.45, 7) is 4.23. The number of rotatable bonds is 10. The summed E-state index contributed by atoms with van der Waals surface area (Å²) in [5.74, 6) is -0.159. The molecule has 4 heteroatoms. The number of primary amides is 1. The monoisotopic (exact) mass is 269 g/mol. The molecule has 3 N–H and O–H groups in total. The minimum atomic E-state index is -0.159. The fourth-order valence-corrected chi connectivity index (χ4v) is 1.93. The molecule has 0 aliphatic carbocycles. The lowest BCUT2D eigenvalue weighted by Crippen LogP contribution is -2.09. The van der Waals surface area contributed by atoms with Crippen LogP contribution in [0.15, 0.2) is 4.99 Å². The quantitative estimate of drug-likeness (QED) is 0.599. The molecule has 1 aliphatic rings. The first-order valence-corrected chi connectivity index (χ1v) is 7.77. The van der Waals surface area contributed by atoms with Gasteiger partial charge < -0.3 is 11.1 Å². The molecule has 0 radical (unpaired) electrons. The average Bonchev–Trinajstić information content (AvgIpc) is 2.95. The number of unbranched alkanes of at least 4 members (excludes halogenated alkanes) is 8. The zero-order chi connectivity index (χ0) is 14.2. The van der Waals surface area contributed by atoms with E-state index in [0.717, 1.165) is 25.9 Å².